The van der Waals surface area contributed by atoms with Crippen LogP contribution in [0.2, 0.25) is 0 Å². The fraction of sp³-hybridized carbons (Fsp3) is 0.654. The molecule has 2 rings (SSSR count). The Morgan fingerprint density at radius 1 is 0.475 bits per heavy atom. The first kappa shape index (κ1) is 63.5. The van der Waals surface area contributed by atoms with Gasteiger partial charge in [0.1, 0.15) is 17.3 Å². The summed E-state index contributed by atoms with van der Waals surface area (Å²) in [5.74, 6) is 0.232. The van der Waals surface area contributed by atoms with Crippen molar-refractivity contribution in [2.75, 3.05) is 13.1 Å². The van der Waals surface area contributed by atoms with Crippen LogP contribution in [0.5, 0.6) is 0 Å². The number of hydrogen-bond acceptors (Lipinski definition) is 6. The minimum atomic E-state index is -0.474. The van der Waals surface area contributed by atoms with E-state index in [4.69, 9.17) is 0 Å². The van der Waals surface area contributed by atoms with Crippen LogP contribution in [0.3, 0.4) is 0 Å². The maximum Gasteiger partial charge on any atom is 0.225 e. The van der Waals surface area contributed by atoms with Crippen LogP contribution >= 0.6 is 0 Å². The predicted molar refractivity (Wildman–Crippen MR) is 258 cm³/mol. The van der Waals surface area contributed by atoms with Gasteiger partial charge in [0, 0.05) is 64.3 Å². The highest BCUT2D eigenvalue weighted by Gasteiger charge is 2.32. The summed E-state index contributed by atoms with van der Waals surface area (Å²) in [4.78, 5) is 72.4. The molecule has 2 atom stereocenters. The minimum absolute atomic E-state index is 0. The standard InChI is InChI=1S/C19H29NO2.C18H27NO2.C12H23NO2.3CH4/c1-18(2,3)16(21)15(12-14-10-8-7-9-11-14)13-20-17(22)19(4,5)6;1-17(2,3)15(20)12-14(13-10-8-7-9-11-13)19-16(21)18(4,5)6;1-11(2,3)9(14)7-8-13-10(15)12(4,5)6;;;/h7-11,15H,12-13H2,1-6H3,(H,20,22);7-11,14H,12H2,1-6H3,(H,19,21);7-8H2,1-6H3,(H,13,15);3*1H4/t15-;14-;;;;/m10..../s1. The van der Waals surface area contributed by atoms with Crippen molar-refractivity contribution in [1.29, 1.82) is 0 Å². The first-order valence-corrected chi connectivity index (χ1v) is 20.7. The average Bonchev–Trinajstić information content (AvgIpc) is 3.08. The summed E-state index contributed by atoms with van der Waals surface area (Å²) in [7, 11) is 0. The van der Waals surface area contributed by atoms with Crippen molar-refractivity contribution in [1.82, 2.24) is 16.0 Å². The largest absolute Gasteiger partial charge is 0.355 e. The molecule has 2 aromatic rings. The second kappa shape index (κ2) is 26.4. The van der Waals surface area contributed by atoms with Crippen molar-refractivity contribution in [3.63, 3.8) is 0 Å². The van der Waals surface area contributed by atoms with Gasteiger partial charge in [-0.2, -0.15) is 0 Å². The molecular weight excluding hydrogens is 763 g/mol. The second-order valence-corrected chi connectivity index (χ2v) is 21.5. The molecule has 3 amide bonds. The Bertz CT molecular complexity index is 1570. The van der Waals surface area contributed by atoms with E-state index in [0.717, 1.165) is 11.1 Å². The molecule has 0 aliphatic rings. The molecule has 0 unspecified atom stereocenters. The van der Waals surface area contributed by atoms with Gasteiger partial charge < -0.3 is 16.0 Å². The van der Waals surface area contributed by atoms with Crippen molar-refractivity contribution in [3.8, 4) is 0 Å². The first-order chi connectivity index (χ1) is 26.1. The molecule has 0 saturated heterocycles. The Kier molecular flexibility index (Phi) is 27.4. The lowest BCUT2D eigenvalue weighted by molar-refractivity contribution is -0.132. The monoisotopic (exact) mass is 854 g/mol. The Morgan fingerprint density at radius 2 is 0.869 bits per heavy atom. The zero-order chi connectivity index (χ0) is 45.5. The number of rotatable bonds is 12. The zero-order valence-electron chi connectivity index (χ0n) is 39.4. The number of benzene rings is 2. The van der Waals surface area contributed by atoms with E-state index < -0.39 is 21.7 Å². The molecule has 0 aliphatic heterocycles. The highest BCUT2D eigenvalue weighted by molar-refractivity contribution is 5.88. The molecule has 350 valence electrons. The number of Topliss-reactive ketones (excluding diaryl/α,β-unsaturated/α-hetero) is 3. The van der Waals surface area contributed by atoms with Gasteiger partial charge in [0.25, 0.3) is 0 Å². The van der Waals surface area contributed by atoms with E-state index in [1.54, 1.807) is 0 Å². The topological polar surface area (TPSA) is 139 Å². The molecule has 0 saturated carbocycles. The summed E-state index contributed by atoms with van der Waals surface area (Å²) >= 11 is 0. The highest BCUT2D eigenvalue weighted by Crippen LogP contribution is 2.27. The number of amides is 3. The maximum atomic E-state index is 12.7. The quantitative estimate of drug-likeness (QED) is 0.194. The molecular formula is C52H91N3O6. The number of hydrogen-bond donors (Lipinski definition) is 3. The van der Waals surface area contributed by atoms with E-state index in [-0.39, 0.29) is 80.1 Å². The molecule has 0 aromatic heterocycles. The molecule has 9 heteroatoms. The number of ketones is 3. The van der Waals surface area contributed by atoms with Crippen LogP contribution in [0.4, 0.5) is 0 Å². The van der Waals surface area contributed by atoms with E-state index in [1.807, 2.05) is 185 Å². The van der Waals surface area contributed by atoms with Gasteiger partial charge in [-0.05, 0) is 17.5 Å². The third-order valence-electron chi connectivity index (χ3n) is 9.19. The molecule has 0 spiro atoms. The van der Waals surface area contributed by atoms with Crippen molar-refractivity contribution in [2.45, 2.75) is 172 Å². The van der Waals surface area contributed by atoms with Crippen LogP contribution in [0.25, 0.3) is 0 Å². The summed E-state index contributed by atoms with van der Waals surface area (Å²) in [5.41, 5.74) is -0.342. The van der Waals surface area contributed by atoms with Gasteiger partial charge in [0.2, 0.25) is 17.7 Å². The maximum absolute atomic E-state index is 12.7. The lowest BCUT2D eigenvalue weighted by Crippen LogP contribution is -2.42. The molecule has 9 nitrogen and oxygen atoms in total. The number of carbonyl (C=O) groups excluding carboxylic acids is 6. The van der Waals surface area contributed by atoms with Crippen molar-refractivity contribution < 1.29 is 28.8 Å². The van der Waals surface area contributed by atoms with Crippen LogP contribution < -0.4 is 16.0 Å². The van der Waals surface area contributed by atoms with Gasteiger partial charge in [-0.15, -0.1) is 0 Å². The molecule has 61 heavy (non-hydrogen) atoms. The van der Waals surface area contributed by atoms with Crippen molar-refractivity contribution >= 4 is 35.1 Å². The van der Waals surface area contributed by atoms with E-state index in [1.165, 1.54) is 0 Å². The summed E-state index contributed by atoms with van der Waals surface area (Å²) in [6, 6.07) is 19.4. The lowest BCUT2D eigenvalue weighted by atomic mass is 9.80. The SMILES string of the molecule is C.C.C.CC(C)(C)C(=O)CCNC(=O)C(C)(C)C.CC(C)(C)C(=O)C[C@H](NC(=O)C(C)(C)C)c1ccccc1.CC(C)(C)C(=O)NC[C@@H](Cc1ccccc1)C(=O)C(C)(C)C. The van der Waals surface area contributed by atoms with Crippen LogP contribution in [0, 0.1) is 38.4 Å². The minimum Gasteiger partial charge on any atom is -0.355 e. The molecule has 0 radical (unpaired) electrons. The van der Waals surface area contributed by atoms with E-state index >= 15 is 0 Å². The fourth-order valence-corrected chi connectivity index (χ4v) is 4.98. The Labute approximate surface area is 374 Å². The molecule has 0 heterocycles. The number of nitrogens with one attached hydrogen (secondary N) is 3. The highest BCUT2D eigenvalue weighted by atomic mass is 16.2. The molecule has 0 aliphatic carbocycles. The smallest absolute Gasteiger partial charge is 0.225 e. The van der Waals surface area contributed by atoms with Gasteiger partial charge in [-0.25, -0.2) is 0 Å². The summed E-state index contributed by atoms with van der Waals surface area (Å²) in [6.45, 7) is 34.8. The van der Waals surface area contributed by atoms with Gasteiger partial charge in [-0.1, -0.05) is 208 Å². The lowest BCUT2D eigenvalue weighted by Gasteiger charge is -2.26. The van der Waals surface area contributed by atoms with Gasteiger partial charge >= 0.3 is 0 Å². The van der Waals surface area contributed by atoms with Crippen LogP contribution in [0.1, 0.15) is 177 Å². The van der Waals surface area contributed by atoms with Gasteiger partial charge in [0.05, 0.1) is 6.04 Å². The Balaban J connectivity index is -0.000000397. The molecule has 3 N–H and O–H groups in total. The third-order valence-corrected chi connectivity index (χ3v) is 9.19. The fourth-order valence-electron chi connectivity index (χ4n) is 4.98. The Hall–Kier alpha value is -4.14. The molecule has 0 fully saturated rings. The van der Waals surface area contributed by atoms with Crippen LogP contribution in [0.15, 0.2) is 60.7 Å². The first-order valence-electron chi connectivity index (χ1n) is 20.7. The van der Waals surface area contributed by atoms with E-state index in [2.05, 4.69) is 16.0 Å². The normalized spacial score (nSPS) is 12.6. The van der Waals surface area contributed by atoms with E-state index in [9.17, 15) is 28.8 Å². The van der Waals surface area contributed by atoms with Crippen molar-refractivity contribution in [2.24, 2.45) is 38.4 Å². The zero-order valence-corrected chi connectivity index (χ0v) is 39.4. The average molecular weight is 854 g/mol. The van der Waals surface area contributed by atoms with Gasteiger partial charge in [0.15, 0.2) is 0 Å². The predicted octanol–water partition coefficient (Wildman–Crippen LogP) is 11.6. The molecule has 0 bridgehead atoms. The third kappa shape index (κ3) is 26.1. The van der Waals surface area contributed by atoms with E-state index in [0.29, 0.717) is 32.4 Å². The number of carbonyl (C=O) groups is 6. The summed E-state index contributed by atoms with van der Waals surface area (Å²) < 4.78 is 0. The summed E-state index contributed by atoms with van der Waals surface area (Å²) in [5, 5.41) is 8.72. The van der Waals surface area contributed by atoms with Crippen LogP contribution in [-0.4, -0.2) is 48.2 Å². The Morgan fingerprint density at radius 3 is 1.25 bits per heavy atom. The molecule has 2 aromatic carbocycles. The second-order valence-electron chi connectivity index (χ2n) is 21.5. The summed E-state index contributed by atoms with van der Waals surface area (Å²) in [6.07, 6.45) is 1.38. The van der Waals surface area contributed by atoms with Gasteiger partial charge in [-0.3, -0.25) is 28.8 Å². The van der Waals surface area contributed by atoms with Crippen molar-refractivity contribution in [3.05, 3.63) is 71.8 Å². The van der Waals surface area contributed by atoms with Crippen LogP contribution in [-0.2, 0) is 35.2 Å².